The fraction of sp³-hybridized carbons (Fsp3) is 0.455. The van der Waals surface area contributed by atoms with Crippen molar-refractivity contribution in [2.45, 2.75) is 26.2 Å². The Morgan fingerprint density at radius 1 is 1.42 bits per heavy atom. The van der Waals surface area contributed by atoms with Gasteiger partial charge in [-0.3, -0.25) is 0 Å². The minimum absolute atomic E-state index is 1.11. The number of nitrogens with one attached hydrogen (secondary N) is 1. The monoisotopic (exact) mass is 163 g/mol. The first-order valence-corrected chi connectivity index (χ1v) is 4.60. The summed E-state index contributed by atoms with van der Waals surface area (Å²) in [5.41, 5.74) is 2.68. The molecule has 0 aromatic heterocycles. The molecule has 0 amide bonds. The summed E-state index contributed by atoms with van der Waals surface area (Å²) >= 11 is 0. The molecule has 0 spiro atoms. The molecule has 0 saturated carbocycles. The summed E-state index contributed by atoms with van der Waals surface area (Å²) in [7, 11) is 0. The van der Waals surface area contributed by atoms with Crippen molar-refractivity contribution < 1.29 is 0 Å². The fourth-order valence-electron chi connectivity index (χ4n) is 1.51. The van der Waals surface area contributed by atoms with Gasteiger partial charge in [0.1, 0.15) is 0 Å². The van der Waals surface area contributed by atoms with E-state index in [9.17, 15) is 0 Å². The first-order chi connectivity index (χ1) is 5.88. The lowest BCUT2D eigenvalue weighted by atomic mass is 10.1. The van der Waals surface area contributed by atoms with E-state index < -0.39 is 0 Å². The van der Waals surface area contributed by atoms with E-state index in [4.69, 9.17) is 0 Å². The molecular weight excluding hydrogens is 146 g/mol. The van der Waals surface area contributed by atoms with E-state index in [1.807, 2.05) is 6.08 Å². The zero-order valence-electron chi connectivity index (χ0n) is 7.77. The smallest absolute Gasteiger partial charge is 0.0329 e. The van der Waals surface area contributed by atoms with Gasteiger partial charge in [0, 0.05) is 12.2 Å². The van der Waals surface area contributed by atoms with E-state index in [0.717, 1.165) is 6.54 Å². The molecule has 0 unspecified atom stereocenters. The van der Waals surface area contributed by atoms with Crippen LogP contribution >= 0.6 is 0 Å². The first-order valence-electron chi connectivity index (χ1n) is 4.60. The minimum Gasteiger partial charge on any atom is -0.385 e. The third kappa shape index (κ3) is 2.26. The van der Waals surface area contributed by atoms with Gasteiger partial charge in [-0.05, 0) is 31.8 Å². The first kappa shape index (κ1) is 9.11. The molecule has 1 aliphatic rings. The zero-order valence-corrected chi connectivity index (χ0v) is 7.77. The van der Waals surface area contributed by atoms with Crippen molar-refractivity contribution in [3.8, 4) is 0 Å². The topological polar surface area (TPSA) is 12.0 Å². The van der Waals surface area contributed by atoms with Crippen LogP contribution in [0.2, 0.25) is 0 Å². The molecular formula is C11H17N. The summed E-state index contributed by atoms with van der Waals surface area (Å²) in [6, 6.07) is 0. The lowest BCUT2D eigenvalue weighted by Crippen LogP contribution is -2.12. The standard InChI is InChI=1S/C11H17N/c1-3-7-10-8-5-6-9-12-11(10)4-2/h3-4,7,12H,1,5-6,8-9H2,2H3/b10-7-,11-4+. The Bertz CT molecular complexity index is 211. The average molecular weight is 163 g/mol. The van der Waals surface area contributed by atoms with Crippen LogP contribution in [0.25, 0.3) is 0 Å². The Balaban J connectivity index is 2.78. The van der Waals surface area contributed by atoms with Gasteiger partial charge in [-0.1, -0.05) is 24.8 Å². The van der Waals surface area contributed by atoms with Gasteiger partial charge >= 0.3 is 0 Å². The van der Waals surface area contributed by atoms with Crippen LogP contribution in [0.15, 0.2) is 36.1 Å². The molecule has 1 nitrogen and oxygen atoms in total. The van der Waals surface area contributed by atoms with E-state index in [1.165, 1.54) is 30.5 Å². The van der Waals surface area contributed by atoms with Crippen LogP contribution in [-0.2, 0) is 0 Å². The molecule has 0 atom stereocenters. The molecule has 1 rings (SSSR count). The molecule has 1 fully saturated rings. The van der Waals surface area contributed by atoms with Crippen molar-refractivity contribution in [3.63, 3.8) is 0 Å². The molecule has 1 heterocycles. The van der Waals surface area contributed by atoms with Crippen LogP contribution in [0.3, 0.4) is 0 Å². The summed E-state index contributed by atoms with van der Waals surface area (Å²) in [5, 5.41) is 3.41. The van der Waals surface area contributed by atoms with Crippen LogP contribution in [0.1, 0.15) is 26.2 Å². The van der Waals surface area contributed by atoms with Gasteiger partial charge in [0.25, 0.3) is 0 Å². The average Bonchev–Trinajstić information content (AvgIpc) is 2.30. The van der Waals surface area contributed by atoms with Crippen LogP contribution in [0.4, 0.5) is 0 Å². The maximum Gasteiger partial charge on any atom is 0.0329 e. The molecule has 1 aliphatic heterocycles. The molecule has 0 bridgehead atoms. The summed E-state index contributed by atoms with van der Waals surface area (Å²) < 4.78 is 0. The van der Waals surface area contributed by atoms with Crippen molar-refractivity contribution in [1.29, 1.82) is 0 Å². The van der Waals surface area contributed by atoms with Gasteiger partial charge in [0.05, 0.1) is 0 Å². The predicted octanol–water partition coefficient (Wildman–Crippen LogP) is 2.78. The van der Waals surface area contributed by atoms with Gasteiger partial charge in [0.2, 0.25) is 0 Å². The highest BCUT2D eigenvalue weighted by Crippen LogP contribution is 2.18. The highest BCUT2D eigenvalue weighted by molar-refractivity contribution is 5.32. The molecule has 66 valence electrons. The molecule has 0 aromatic carbocycles. The summed E-state index contributed by atoms with van der Waals surface area (Å²) in [4.78, 5) is 0. The number of rotatable bonds is 1. The largest absolute Gasteiger partial charge is 0.385 e. The van der Waals surface area contributed by atoms with Crippen LogP contribution < -0.4 is 5.32 Å². The van der Waals surface area contributed by atoms with Crippen LogP contribution in [0.5, 0.6) is 0 Å². The Morgan fingerprint density at radius 2 is 2.25 bits per heavy atom. The Morgan fingerprint density at radius 3 is 2.92 bits per heavy atom. The Hall–Kier alpha value is -0.980. The number of hydrogen-bond donors (Lipinski definition) is 1. The third-order valence-electron chi connectivity index (χ3n) is 2.14. The summed E-state index contributed by atoms with van der Waals surface area (Å²) in [5.74, 6) is 0. The zero-order chi connectivity index (χ0) is 8.81. The lowest BCUT2D eigenvalue weighted by molar-refractivity contribution is 0.731. The SMILES string of the molecule is C=C/C=C1/CCCCN/C1=C/C. The maximum atomic E-state index is 3.72. The van der Waals surface area contributed by atoms with E-state index >= 15 is 0 Å². The molecule has 1 saturated heterocycles. The molecule has 0 aliphatic carbocycles. The molecule has 1 N–H and O–H groups in total. The van der Waals surface area contributed by atoms with Gasteiger partial charge in [-0.15, -0.1) is 0 Å². The Labute approximate surface area is 74.9 Å². The highest BCUT2D eigenvalue weighted by atomic mass is 14.9. The normalized spacial score (nSPS) is 25.1. The van der Waals surface area contributed by atoms with E-state index in [2.05, 4.69) is 31.0 Å². The number of hydrogen-bond acceptors (Lipinski definition) is 1. The van der Waals surface area contributed by atoms with Crippen molar-refractivity contribution in [1.82, 2.24) is 5.32 Å². The summed E-state index contributed by atoms with van der Waals surface area (Å²) in [6.45, 7) is 6.90. The van der Waals surface area contributed by atoms with E-state index in [0.29, 0.717) is 0 Å². The fourth-order valence-corrected chi connectivity index (χ4v) is 1.51. The molecule has 0 radical (unpaired) electrons. The highest BCUT2D eigenvalue weighted by Gasteiger charge is 2.06. The lowest BCUT2D eigenvalue weighted by Gasteiger charge is -2.07. The van der Waals surface area contributed by atoms with Gasteiger partial charge < -0.3 is 5.32 Å². The predicted molar refractivity (Wildman–Crippen MR) is 53.9 cm³/mol. The van der Waals surface area contributed by atoms with Crippen molar-refractivity contribution >= 4 is 0 Å². The Kier molecular flexibility index (Phi) is 3.65. The molecule has 12 heavy (non-hydrogen) atoms. The second-order valence-electron chi connectivity index (χ2n) is 3.01. The van der Waals surface area contributed by atoms with Crippen LogP contribution in [-0.4, -0.2) is 6.54 Å². The summed E-state index contributed by atoms with van der Waals surface area (Å²) in [6.07, 6.45) is 9.84. The van der Waals surface area contributed by atoms with Crippen LogP contribution in [0, 0.1) is 0 Å². The quantitative estimate of drug-likeness (QED) is 0.626. The second-order valence-corrected chi connectivity index (χ2v) is 3.01. The number of allylic oxidation sites excluding steroid dienone is 4. The van der Waals surface area contributed by atoms with Gasteiger partial charge in [-0.25, -0.2) is 0 Å². The maximum absolute atomic E-state index is 3.72. The van der Waals surface area contributed by atoms with E-state index in [-0.39, 0.29) is 0 Å². The minimum atomic E-state index is 1.11. The van der Waals surface area contributed by atoms with Crippen molar-refractivity contribution in [3.05, 3.63) is 36.1 Å². The van der Waals surface area contributed by atoms with Gasteiger partial charge in [0.15, 0.2) is 0 Å². The van der Waals surface area contributed by atoms with Gasteiger partial charge in [-0.2, -0.15) is 0 Å². The van der Waals surface area contributed by atoms with Crippen molar-refractivity contribution in [2.75, 3.05) is 6.54 Å². The molecule has 0 aromatic rings. The third-order valence-corrected chi connectivity index (χ3v) is 2.14. The molecule has 1 heteroatoms. The van der Waals surface area contributed by atoms with E-state index in [1.54, 1.807) is 0 Å². The second kappa shape index (κ2) is 4.81. The van der Waals surface area contributed by atoms with Crippen molar-refractivity contribution in [2.24, 2.45) is 0 Å².